The van der Waals surface area contributed by atoms with Crippen LogP contribution >= 0.6 is 0 Å². The van der Waals surface area contributed by atoms with E-state index in [4.69, 9.17) is 9.15 Å². The molecule has 0 fully saturated rings. The molecular weight excluding hydrogens is 345 g/mol. The van der Waals surface area contributed by atoms with E-state index in [1.807, 2.05) is 24.3 Å². The zero-order valence-corrected chi connectivity index (χ0v) is 14.6. The summed E-state index contributed by atoms with van der Waals surface area (Å²) in [5.74, 6) is 6.72. The van der Waals surface area contributed by atoms with Gasteiger partial charge in [-0.15, -0.1) is 5.92 Å². The first-order chi connectivity index (χ1) is 13.2. The molecule has 1 atom stereocenters. The van der Waals surface area contributed by atoms with Crippen molar-refractivity contribution >= 4 is 11.0 Å². The molecule has 1 unspecified atom stereocenters. The third-order valence-electron chi connectivity index (χ3n) is 4.15. The maximum Gasteiger partial charge on any atom is 0.149 e. The minimum Gasteiger partial charge on any atom is -0.481 e. The second-order valence-electron chi connectivity index (χ2n) is 5.89. The molecule has 0 radical (unpaired) electrons. The SMILES string of the molecule is CC#CCOc1ccc2cc(C(c3ccc(F)cc3)n3cncn3)oc2c1. The van der Waals surface area contributed by atoms with E-state index in [-0.39, 0.29) is 11.9 Å². The van der Waals surface area contributed by atoms with Crippen LogP contribution in [0.1, 0.15) is 24.3 Å². The van der Waals surface area contributed by atoms with E-state index in [2.05, 4.69) is 21.9 Å². The van der Waals surface area contributed by atoms with Crippen molar-refractivity contribution in [3.05, 3.63) is 78.3 Å². The van der Waals surface area contributed by atoms with Gasteiger partial charge in [0.05, 0.1) is 0 Å². The zero-order valence-electron chi connectivity index (χ0n) is 14.6. The number of hydrogen-bond acceptors (Lipinski definition) is 4. The van der Waals surface area contributed by atoms with Crippen LogP contribution in [0.15, 0.2) is 65.6 Å². The second-order valence-corrected chi connectivity index (χ2v) is 5.89. The van der Waals surface area contributed by atoms with Gasteiger partial charge in [0.25, 0.3) is 0 Å². The molecular formula is C21H16FN3O2. The van der Waals surface area contributed by atoms with Crippen LogP contribution in [0.5, 0.6) is 5.75 Å². The number of hydrogen-bond donors (Lipinski definition) is 0. The minimum absolute atomic E-state index is 0.294. The summed E-state index contributed by atoms with van der Waals surface area (Å²) in [6.07, 6.45) is 3.07. The Bertz CT molecular complexity index is 1110. The first kappa shape index (κ1) is 16.9. The molecule has 2 aromatic carbocycles. The fourth-order valence-corrected chi connectivity index (χ4v) is 2.89. The van der Waals surface area contributed by atoms with Crippen molar-refractivity contribution in [1.29, 1.82) is 0 Å². The molecule has 2 heterocycles. The Kier molecular flexibility index (Phi) is 4.58. The number of ether oxygens (including phenoxy) is 1. The molecule has 0 aliphatic heterocycles. The van der Waals surface area contributed by atoms with E-state index in [9.17, 15) is 4.39 Å². The van der Waals surface area contributed by atoms with Gasteiger partial charge < -0.3 is 9.15 Å². The number of furan rings is 1. The quantitative estimate of drug-likeness (QED) is 0.500. The Hall–Kier alpha value is -3.59. The van der Waals surface area contributed by atoms with E-state index < -0.39 is 0 Å². The summed E-state index contributed by atoms with van der Waals surface area (Å²) in [5, 5.41) is 5.18. The standard InChI is InChI=1S/C21H16FN3O2/c1-2-3-10-26-18-9-6-16-11-20(27-19(16)12-18)21(25-14-23-13-24-25)15-4-7-17(22)8-5-15/h4-9,11-14,21H,10H2,1H3. The van der Waals surface area contributed by atoms with E-state index in [1.54, 1.807) is 30.1 Å². The summed E-state index contributed by atoms with van der Waals surface area (Å²) >= 11 is 0. The first-order valence-electron chi connectivity index (χ1n) is 8.40. The second kappa shape index (κ2) is 7.34. The van der Waals surface area contributed by atoms with Gasteiger partial charge in [-0.3, -0.25) is 0 Å². The van der Waals surface area contributed by atoms with Crippen molar-refractivity contribution in [2.45, 2.75) is 13.0 Å². The number of nitrogens with zero attached hydrogens (tertiary/aromatic N) is 3. The lowest BCUT2D eigenvalue weighted by Crippen LogP contribution is -2.12. The summed E-state index contributed by atoms with van der Waals surface area (Å²) in [6.45, 7) is 2.10. The summed E-state index contributed by atoms with van der Waals surface area (Å²) < 4.78 is 26.7. The van der Waals surface area contributed by atoms with Gasteiger partial charge in [0.2, 0.25) is 0 Å². The number of fused-ring (bicyclic) bond motifs is 1. The fourth-order valence-electron chi connectivity index (χ4n) is 2.89. The van der Waals surface area contributed by atoms with Crippen LogP contribution in [0.4, 0.5) is 4.39 Å². The lowest BCUT2D eigenvalue weighted by Gasteiger charge is -2.15. The number of aromatic nitrogens is 3. The van der Waals surface area contributed by atoms with Crippen molar-refractivity contribution in [2.24, 2.45) is 0 Å². The van der Waals surface area contributed by atoms with Crippen molar-refractivity contribution in [3.63, 3.8) is 0 Å². The molecule has 0 bridgehead atoms. The third-order valence-corrected chi connectivity index (χ3v) is 4.15. The van der Waals surface area contributed by atoms with Crippen molar-refractivity contribution in [3.8, 4) is 17.6 Å². The number of halogens is 1. The van der Waals surface area contributed by atoms with E-state index in [1.165, 1.54) is 18.5 Å². The van der Waals surface area contributed by atoms with Crippen LogP contribution in [0, 0.1) is 17.7 Å². The lowest BCUT2D eigenvalue weighted by molar-refractivity contribution is 0.370. The Morgan fingerprint density at radius 1 is 1.19 bits per heavy atom. The van der Waals surface area contributed by atoms with Gasteiger partial charge in [-0.05, 0) is 42.8 Å². The van der Waals surface area contributed by atoms with E-state index >= 15 is 0 Å². The fraction of sp³-hybridized carbons (Fsp3) is 0.143. The monoisotopic (exact) mass is 361 g/mol. The zero-order chi connectivity index (χ0) is 18.6. The average molecular weight is 361 g/mol. The first-order valence-corrected chi connectivity index (χ1v) is 8.40. The summed E-state index contributed by atoms with van der Waals surface area (Å²) in [4.78, 5) is 4.02. The highest BCUT2D eigenvalue weighted by molar-refractivity contribution is 5.79. The van der Waals surface area contributed by atoms with Crippen LogP contribution in [-0.2, 0) is 0 Å². The van der Waals surface area contributed by atoms with Gasteiger partial charge in [-0.2, -0.15) is 5.10 Å². The molecule has 0 saturated carbocycles. The van der Waals surface area contributed by atoms with Gasteiger partial charge in [-0.25, -0.2) is 14.1 Å². The molecule has 0 saturated heterocycles. The molecule has 4 rings (SSSR count). The molecule has 0 N–H and O–H groups in total. The Balaban J connectivity index is 1.74. The molecule has 6 heteroatoms. The summed E-state index contributed by atoms with van der Waals surface area (Å²) in [5.41, 5.74) is 1.54. The van der Waals surface area contributed by atoms with Crippen molar-refractivity contribution in [1.82, 2.24) is 14.8 Å². The molecule has 2 aromatic heterocycles. The van der Waals surface area contributed by atoms with E-state index in [0.717, 1.165) is 10.9 Å². The number of rotatable bonds is 5. The lowest BCUT2D eigenvalue weighted by atomic mass is 10.0. The van der Waals surface area contributed by atoms with Gasteiger partial charge >= 0.3 is 0 Å². The Labute approximate surface area is 155 Å². The summed E-state index contributed by atoms with van der Waals surface area (Å²) in [7, 11) is 0. The van der Waals surface area contributed by atoms with E-state index in [0.29, 0.717) is 23.7 Å². The van der Waals surface area contributed by atoms with Crippen LogP contribution in [-0.4, -0.2) is 21.4 Å². The maximum absolute atomic E-state index is 13.4. The molecule has 5 nitrogen and oxygen atoms in total. The highest BCUT2D eigenvalue weighted by Crippen LogP contribution is 2.32. The molecule has 0 aliphatic rings. The molecule has 0 spiro atoms. The van der Waals surface area contributed by atoms with Gasteiger partial charge in [0.15, 0.2) is 0 Å². The topological polar surface area (TPSA) is 53.1 Å². The highest BCUT2D eigenvalue weighted by Gasteiger charge is 2.21. The maximum atomic E-state index is 13.4. The average Bonchev–Trinajstić information content (AvgIpc) is 3.33. The predicted molar refractivity (Wildman–Crippen MR) is 98.8 cm³/mol. The Morgan fingerprint density at radius 2 is 2.04 bits per heavy atom. The van der Waals surface area contributed by atoms with Crippen molar-refractivity contribution in [2.75, 3.05) is 6.61 Å². The van der Waals surface area contributed by atoms with Crippen molar-refractivity contribution < 1.29 is 13.5 Å². The number of benzene rings is 2. The highest BCUT2D eigenvalue weighted by atomic mass is 19.1. The van der Waals surface area contributed by atoms with Crippen LogP contribution in [0.3, 0.4) is 0 Å². The largest absolute Gasteiger partial charge is 0.481 e. The normalized spacial score (nSPS) is 11.8. The molecule has 0 aliphatic carbocycles. The molecule has 27 heavy (non-hydrogen) atoms. The Morgan fingerprint density at radius 3 is 2.78 bits per heavy atom. The van der Waals surface area contributed by atoms with Gasteiger partial charge in [0, 0.05) is 11.5 Å². The summed E-state index contributed by atoms with van der Waals surface area (Å²) in [6, 6.07) is 13.5. The minimum atomic E-state index is -0.351. The third kappa shape index (κ3) is 3.53. The predicted octanol–water partition coefficient (Wildman–Crippen LogP) is 4.20. The molecule has 4 aromatic rings. The van der Waals surface area contributed by atoms with Crippen LogP contribution in [0.2, 0.25) is 0 Å². The van der Waals surface area contributed by atoms with Gasteiger partial charge in [0.1, 0.15) is 48.2 Å². The van der Waals surface area contributed by atoms with Crippen LogP contribution < -0.4 is 4.74 Å². The molecule has 0 amide bonds. The molecule has 134 valence electrons. The van der Waals surface area contributed by atoms with Crippen LogP contribution in [0.25, 0.3) is 11.0 Å². The van der Waals surface area contributed by atoms with Gasteiger partial charge in [-0.1, -0.05) is 18.1 Å². The smallest absolute Gasteiger partial charge is 0.149 e.